The molecule has 2 fully saturated rings. The van der Waals surface area contributed by atoms with Crippen molar-refractivity contribution < 1.29 is 13.2 Å². The van der Waals surface area contributed by atoms with Crippen molar-refractivity contribution in [2.75, 3.05) is 45.8 Å². The lowest BCUT2D eigenvalue weighted by atomic mass is 9.99. The third-order valence-electron chi connectivity index (χ3n) is 5.42. The van der Waals surface area contributed by atoms with E-state index in [1.807, 2.05) is 30.3 Å². The fourth-order valence-electron chi connectivity index (χ4n) is 3.52. The van der Waals surface area contributed by atoms with E-state index < -0.39 is 10.0 Å². The quantitative estimate of drug-likeness (QED) is 0.769. The molecule has 3 rings (SSSR count). The lowest BCUT2D eigenvalue weighted by Gasteiger charge is -2.36. The van der Waals surface area contributed by atoms with Gasteiger partial charge in [-0.2, -0.15) is 4.31 Å². The highest BCUT2D eigenvalue weighted by Gasteiger charge is 2.28. The van der Waals surface area contributed by atoms with Gasteiger partial charge in [0.15, 0.2) is 0 Å². The molecule has 0 N–H and O–H groups in total. The number of rotatable bonds is 5. The minimum atomic E-state index is -3.46. The van der Waals surface area contributed by atoms with Crippen LogP contribution in [0, 0.1) is 5.92 Å². The molecule has 6 nitrogen and oxygen atoms in total. The molecule has 2 saturated heterocycles. The predicted molar refractivity (Wildman–Crippen MR) is 107 cm³/mol. The first-order chi connectivity index (χ1) is 12.9. The molecule has 1 aromatic carbocycles. The first kappa shape index (κ1) is 20.0. The van der Waals surface area contributed by atoms with E-state index in [0.29, 0.717) is 32.7 Å². The molecule has 1 aromatic rings. The number of likely N-dealkylation sites (tertiary alicyclic amines) is 1. The predicted octanol–water partition coefficient (Wildman–Crippen LogP) is 1.86. The van der Waals surface area contributed by atoms with Gasteiger partial charge < -0.3 is 4.90 Å². The minimum absolute atomic E-state index is 0.112. The standard InChI is InChI=1S/C20H29N3O3S/c1-18-7-10-21(11-8-18)17-20(24)22-12-14-23(15-13-22)27(25,26)16-9-19-5-3-2-4-6-19/h2-6,9,16,18H,7-8,10-15,17H2,1H3/b16-9+. The summed E-state index contributed by atoms with van der Waals surface area (Å²) in [5.41, 5.74) is 0.853. The van der Waals surface area contributed by atoms with Crippen molar-refractivity contribution in [2.45, 2.75) is 19.8 Å². The third kappa shape index (κ3) is 5.64. The van der Waals surface area contributed by atoms with Gasteiger partial charge >= 0.3 is 0 Å². The molecule has 2 heterocycles. The van der Waals surface area contributed by atoms with E-state index in [2.05, 4.69) is 11.8 Å². The van der Waals surface area contributed by atoms with Gasteiger partial charge in [-0.3, -0.25) is 9.69 Å². The second-order valence-electron chi connectivity index (χ2n) is 7.50. The Kier molecular flexibility index (Phi) is 6.68. The molecule has 0 bridgehead atoms. The van der Waals surface area contributed by atoms with Crippen LogP contribution in [0.2, 0.25) is 0 Å². The van der Waals surface area contributed by atoms with Crippen LogP contribution in [0.4, 0.5) is 0 Å². The summed E-state index contributed by atoms with van der Waals surface area (Å²) in [5, 5.41) is 1.26. The molecule has 0 spiro atoms. The number of hydrogen-bond acceptors (Lipinski definition) is 4. The molecule has 0 radical (unpaired) electrons. The van der Waals surface area contributed by atoms with Crippen LogP contribution in [-0.2, 0) is 14.8 Å². The zero-order valence-corrected chi connectivity index (χ0v) is 16.8. The molecule has 0 aromatic heterocycles. The Hall–Kier alpha value is -1.70. The Labute approximate surface area is 162 Å². The van der Waals surface area contributed by atoms with E-state index in [-0.39, 0.29) is 5.91 Å². The number of benzene rings is 1. The largest absolute Gasteiger partial charge is 0.339 e. The zero-order valence-electron chi connectivity index (χ0n) is 16.0. The van der Waals surface area contributed by atoms with Crippen LogP contribution in [0.1, 0.15) is 25.3 Å². The van der Waals surface area contributed by atoms with Crippen molar-refractivity contribution in [2.24, 2.45) is 5.92 Å². The van der Waals surface area contributed by atoms with Crippen LogP contribution in [0.25, 0.3) is 6.08 Å². The second-order valence-corrected chi connectivity index (χ2v) is 9.32. The normalized spacial score (nSPS) is 21.0. The van der Waals surface area contributed by atoms with E-state index in [4.69, 9.17) is 0 Å². The average Bonchev–Trinajstić information content (AvgIpc) is 2.69. The maximum Gasteiger partial charge on any atom is 0.236 e. The number of piperidine rings is 1. The van der Waals surface area contributed by atoms with Crippen LogP contribution >= 0.6 is 0 Å². The number of carbonyl (C=O) groups is 1. The van der Waals surface area contributed by atoms with Crippen LogP contribution in [0.5, 0.6) is 0 Å². The Morgan fingerprint density at radius 1 is 1.04 bits per heavy atom. The van der Waals surface area contributed by atoms with E-state index in [1.165, 1.54) is 9.71 Å². The number of hydrogen-bond donors (Lipinski definition) is 0. The van der Waals surface area contributed by atoms with Gasteiger partial charge in [0, 0.05) is 31.6 Å². The lowest BCUT2D eigenvalue weighted by molar-refractivity contribution is -0.133. The van der Waals surface area contributed by atoms with E-state index in [1.54, 1.807) is 11.0 Å². The van der Waals surface area contributed by atoms with Crippen molar-refractivity contribution in [3.8, 4) is 0 Å². The van der Waals surface area contributed by atoms with Crippen LogP contribution in [0.15, 0.2) is 35.7 Å². The molecule has 2 aliphatic heterocycles. The molecular weight excluding hydrogens is 362 g/mol. The van der Waals surface area contributed by atoms with E-state index in [9.17, 15) is 13.2 Å². The summed E-state index contributed by atoms with van der Waals surface area (Å²) in [5.74, 6) is 0.857. The molecule has 1 amide bonds. The molecule has 2 aliphatic rings. The van der Waals surface area contributed by atoms with Crippen molar-refractivity contribution in [3.05, 3.63) is 41.3 Å². The van der Waals surface area contributed by atoms with Crippen LogP contribution < -0.4 is 0 Å². The fraction of sp³-hybridized carbons (Fsp3) is 0.550. The number of piperazine rings is 1. The summed E-state index contributed by atoms with van der Waals surface area (Å²) in [6, 6.07) is 9.37. The minimum Gasteiger partial charge on any atom is -0.339 e. The van der Waals surface area contributed by atoms with Gasteiger partial charge in [0.05, 0.1) is 6.54 Å². The molecule has 0 saturated carbocycles. The summed E-state index contributed by atoms with van der Waals surface area (Å²) in [6.45, 7) is 6.28. The summed E-state index contributed by atoms with van der Waals surface area (Å²) >= 11 is 0. The first-order valence-corrected chi connectivity index (χ1v) is 11.2. The topological polar surface area (TPSA) is 60.9 Å². The van der Waals surface area contributed by atoms with Crippen LogP contribution in [-0.4, -0.2) is 74.2 Å². The Balaban J connectivity index is 1.49. The van der Waals surface area contributed by atoms with Gasteiger partial charge in [0.1, 0.15) is 0 Å². The molecule has 7 heteroatoms. The summed E-state index contributed by atoms with van der Waals surface area (Å²) in [4.78, 5) is 16.5. The van der Waals surface area contributed by atoms with Crippen molar-refractivity contribution >= 4 is 22.0 Å². The van der Waals surface area contributed by atoms with Crippen molar-refractivity contribution in [3.63, 3.8) is 0 Å². The Morgan fingerprint density at radius 3 is 2.30 bits per heavy atom. The summed E-state index contributed by atoms with van der Waals surface area (Å²) in [6.07, 6.45) is 3.91. The highest BCUT2D eigenvalue weighted by Crippen LogP contribution is 2.16. The van der Waals surface area contributed by atoms with Gasteiger partial charge in [0.25, 0.3) is 0 Å². The monoisotopic (exact) mass is 391 g/mol. The van der Waals surface area contributed by atoms with Crippen molar-refractivity contribution in [1.29, 1.82) is 0 Å². The average molecular weight is 392 g/mol. The number of carbonyl (C=O) groups excluding carboxylic acids is 1. The smallest absolute Gasteiger partial charge is 0.236 e. The molecule has 0 aliphatic carbocycles. The Bertz CT molecular complexity index is 748. The number of sulfonamides is 1. The molecular formula is C20H29N3O3S. The highest BCUT2D eigenvalue weighted by atomic mass is 32.2. The molecule has 0 unspecified atom stereocenters. The maximum atomic E-state index is 12.5. The summed E-state index contributed by atoms with van der Waals surface area (Å²) < 4.78 is 26.5. The van der Waals surface area contributed by atoms with E-state index in [0.717, 1.165) is 37.4 Å². The molecule has 0 atom stereocenters. The zero-order chi connectivity index (χ0) is 19.3. The summed E-state index contributed by atoms with van der Waals surface area (Å²) in [7, 11) is -3.46. The highest BCUT2D eigenvalue weighted by molar-refractivity contribution is 7.92. The van der Waals surface area contributed by atoms with Crippen LogP contribution in [0.3, 0.4) is 0 Å². The SMILES string of the molecule is CC1CCN(CC(=O)N2CCN(S(=O)(=O)/C=C/c3ccccc3)CC2)CC1. The van der Waals surface area contributed by atoms with Gasteiger partial charge in [-0.25, -0.2) is 8.42 Å². The third-order valence-corrected chi connectivity index (χ3v) is 6.98. The second kappa shape index (κ2) is 8.99. The van der Waals surface area contributed by atoms with Gasteiger partial charge in [-0.15, -0.1) is 0 Å². The fourth-order valence-corrected chi connectivity index (χ4v) is 4.69. The lowest BCUT2D eigenvalue weighted by Crippen LogP contribution is -2.52. The molecule has 27 heavy (non-hydrogen) atoms. The first-order valence-electron chi connectivity index (χ1n) is 9.67. The number of nitrogens with zero attached hydrogens (tertiary/aromatic N) is 3. The van der Waals surface area contributed by atoms with Gasteiger partial charge in [-0.05, 0) is 43.5 Å². The van der Waals surface area contributed by atoms with E-state index >= 15 is 0 Å². The number of amides is 1. The van der Waals surface area contributed by atoms with Crippen molar-refractivity contribution in [1.82, 2.24) is 14.1 Å². The van der Waals surface area contributed by atoms with Gasteiger partial charge in [0.2, 0.25) is 15.9 Å². The maximum absolute atomic E-state index is 12.5. The Morgan fingerprint density at radius 2 is 1.67 bits per heavy atom. The van der Waals surface area contributed by atoms with Gasteiger partial charge in [-0.1, -0.05) is 37.3 Å². The molecule has 148 valence electrons.